The second kappa shape index (κ2) is 14.2. The maximum atomic E-state index is 11.8. The number of carbonyl (C=O) groups is 1. The van der Waals surface area contributed by atoms with Crippen LogP contribution in [0.1, 0.15) is 99.8 Å². The molecule has 5 N–H and O–H groups in total. The molecule has 4 aliphatic heterocycles. The van der Waals surface area contributed by atoms with Crippen LogP contribution in [0.3, 0.4) is 0 Å². The fourth-order valence-corrected chi connectivity index (χ4v) is 12.9. The van der Waals surface area contributed by atoms with E-state index in [1.807, 2.05) is 0 Å². The molecule has 0 bridgehead atoms. The van der Waals surface area contributed by atoms with Gasteiger partial charge in [0.1, 0.15) is 30.5 Å². The predicted molar refractivity (Wildman–Crippen MR) is 191 cm³/mol. The van der Waals surface area contributed by atoms with Gasteiger partial charge in [0.15, 0.2) is 24.5 Å². The van der Waals surface area contributed by atoms with Gasteiger partial charge in [-0.15, -0.1) is 0 Å². The van der Waals surface area contributed by atoms with E-state index >= 15 is 0 Å². The number of hydrogen-bond donors (Lipinski definition) is 5. The Bertz CT molecular complexity index is 1430. The summed E-state index contributed by atoms with van der Waals surface area (Å²) >= 11 is 0. The monoisotopic (exact) mass is 764 g/mol. The third-order valence-corrected chi connectivity index (χ3v) is 15.9. The van der Waals surface area contributed by atoms with E-state index in [1.54, 1.807) is 13.8 Å². The highest BCUT2D eigenvalue weighted by molar-refractivity contribution is 5.66. The molecule has 22 atom stereocenters. The quantitative estimate of drug-likeness (QED) is 0.204. The molecule has 0 radical (unpaired) electrons. The lowest BCUT2D eigenvalue weighted by Gasteiger charge is -2.60. The summed E-state index contributed by atoms with van der Waals surface area (Å²) in [5.74, 6) is 1.27. The molecule has 1 spiro atoms. The van der Waals surface area contributed by atoms with Crippen LogP contribution in [0.15, 0.2) is 11.6 Å². The van der Waals surface area contributed by atoms with Gasteiger partial charge in [-0.1, -0.05) is 39.3 Å². The zero-order valence-electron chi connectivity index (χ0n) is 32.9. The van der Waals surface area contributed by atoms with Crippen LogP contribution in [0.2, 0.25) is 0 Å². The third-order valence-electron chi connectivity index (χ3n) is 15.9. The molecule has 4 heterocycles. The number of ether oxygens (including phenoxy) is 7. The largest absolute Gasteiger partial charge is 0.457 e. The Morgan fingerprint density at radius 3 is 2.26 bits per heavy atom. The van der Waals surface area contributed by atoms with E-state index in [-0.39, 0.29) is 17.4 Å². The van der Waals surface area contributed by atoms with E-state index in [1.165, 1.54) is 12.5 Å². The highest BCUT2D eigenvalue weighted by atomic mass is 16.8. The highest BCUT2D eigenvalue weighted by Gasteiger charge is 2.69. The summed E-state index contributed by atoms with van der Waals surface area (Å²) in [7, 11) is 0. The molecule has 0 aromatic heterocycles. The van der Waals surface area contributed by atoms with Gasteiger partial charge in [0.2, 0.25) is 0 Å². The summed E-state index contributed by atoms with van der Waals surface area (Å²) in [6.45, 7) is 14.5. The van der Waals surface area contributed by atoms with Gasteiger partial charge >= 0.3 is 5.97 Å². The van der Waals surface area contributed by atoms with Crippen molar-refractivity contribution in [3.05, 3.63) is 11.6 Å². The average molecular weight is 765 g/mol. The second-order valence-electron chi connectivity index (χ2n) is 18.9. The molecule has 0 aromatic carbocycles. The Labute approximate surface area is 319 Å². The van der Waals surface area contributed by atoms with Crippen LogP contribution >= 0.6 is 0 Å². The molecule has 13 nitrogen and oxygen atoms in total. The van der Waals surface area contributed by atoms with Gasteiger partial charge in [-0.25, -0.2) is 0 Å². The van der Waals surface area contributed by atoms with E-state index in [4.69, 9.17) is 33.2 Å². The molecular formula is C41H64O13. The van der Waals surface area contributed by atoms with Crippen LogP contribution in [0, 0.1) is 46.3 Å². The van der Waals surface area contributed by atoms with E-state index in [0.29, 0.717) is 42.4 Å². The number of carbonyl (C=O) groups excluding carboxylic acids is 1. The molecular weight excluding hydrogens is 700 g/mol. The molecule has 3 saturated carbocycles. The van der Waals surface area contributed by atoms with Gasteiger partial charge in [-0.05, 0) is 87.4 Å². The predicted octanol–water partition coefficient (Wildman–Crippen LogP) is 2.96. The third kappa shape index (κ3) is 6.17. The van der Waals surface area contributed by atoms with Crippen molar-refractivity contribution >= 4 is 5.97 Å². The van der Waals surface area contributed by atoms with Crippen molar-refractivity contribution in [2.75, 3.05) is 6.61 Å². The fourth-order valence-electron chi connectivity index (χ4n) is 12.9. The fraction of sp³-hybridized carbons (Fsp3) is 0.927. The van der Waals surface area contributed by atoms with Gasteiger partial charge in [0.25, 0.3) is 0 Å². The van der Waals surface area contributed by atoms with Gasteiger partial charge in [0, 0.05) is 31.1 Å². The normalized spacial score (nSPS) is 57.0. The van der Waals surface area contributed by atoms with E-state index < -0.39 is 90.8 Å². The number of fused-ring (bicyclic) bond motifs is 7. The maximum Gasteiger partial charge on any atom is 0.303 e. The molecule has 13 heteroatoms. The summed E-state index contributed by atoms with van der Waals surface area (Å²) in [5, 5.41) is 55.4. The standard InChI is InChI=1S/C41H64O13/c1-18-10-13-41(48-17-18)19(2)30-28(54-41)16-27-25-9-8-23-14-24(43)15-29(40(23,7)26(25)11-12-39(27,30)6)52-38-36(33(46)31(44)20(3)50-38)53-37-34(47)35(51-22(5)42)32(45)21(4)49-37/h8,18-21,24-38,43-47H,9-17H2,1-7H3/t18-,19+,20-,21+,24-,25-,26+,27+,28+,29-,30+,31+,32+,33+,34-,35-,36-,37+,38-,39+,40-,41-/m1/s1. The smallest absolute Gasteiger partial charge is 0.303 e. The van der Waals surface area contributed by atoms with Crippen LogP contribution in [0.25, 0.3) is 0 Å². The SMILES string of the molecule is CC(=O)O[C@@H]1[C@@H](O)[C@H](C)O[C@@H](O[C@H]2[C@@H](O[C@@H]3C[C@H](O)CC4=CC[C@H]5[C@@H]6C[C@@H]7O[C@]8(CC[C@@H](C)CO8)[C@@H](C)[C@@H]7[C@@]6(C)CC[C@@H]5[C@@]43C)O[C@H](C)[C@H](O)[C@@H]2O)[C@@H]1O. The summed E-state index contributed by atoms with van der Waals surface area (Å²) in [5.41, 5.74) is 0.849. The molecule has 0 amide bonds. The summed E-state index contributed by atoms with van der Waals surface area (Å²) in [4.78, 5) is 11.8. The lowest BCUT2D eigenvalue weighted by Crippen LogP contribution is -2.65. The van der Waals surface area contributed by atoms with E-state index in [2.05, 4.69) is 33.8 Å². The van der Waals surface area contributed by atoms with Crippen LogP contribution < -0.4 is 0 Å². The van der Waals surface area contributed by atoms with Gasteiger partial charge in [-0.3, -0.25) is 4.79 Å². The first-order valence-corrected chi connectivity index (χ1v) is 20.7. The van der Waals surface area contributed by atoms with Crippen LogP contribution in [0.5, 0.6) is 0 Å². The van der Waals surface area contributed by atoms with Crippen LogP contribution in [0.4, 0.5) is 0 Å². The van der Waals surface area contributed by atoms with Crippen molar-refractivity contribution < 1.29 is 63.5 Å². The van der Waals surface area contributed by atoms with Crippen molar-refractivity contribution in [2.24, 2.45) is 46.3 Å². The van der Waals surface area contributed by atoms with Gasteiger partial charge in [-0.2, -0.15) is 0 Å². The van der Waals surface area contributed by atoms with Crippen molar-refractivity contribution in [1.82, 2.24) is 0 Å². The molecule has 8 rings (SSSR count). The van der Waals surface area contributed by atoms with Crippen molar-refractivity contribution in [3.8, 4) is 0 Å². The van der Waals surface area contributed by atoms with Crippen molar-refractivity contribution in [3.63, 3.8) is 0 Å². The topological polar surface area (TPSA) is 183 Å². The lowest BCUT2D eigenvalue weighted by atomic mass is 9.46. The number of allylic oxidation sites excluding steroid dienone is 1. The Morgan fingerprint density at radius 1 is 0.833 bits per heavy atom. The zero-order valence-corrected chi connectivity index (χ0v) is 32.9. The van der Waals surface area contributed by atoms with E-state index in [0.717, 1.165) is 45.1 Å². The number of aliphatic hydroxyl groups excluding tert-OH is 5. The first kappa shape index (κ1) is 39.6. The molecule has 0 unspecified atom stereocenters. The Hall–Kier alpha value is -1.23. The van der Waals surface area contributed by atoms with Crippen molar-refractivity contribution in [1.29, 1.82) is 0 Å². The molecule has 0 aromatic rings. The highest BCUT2D eigenvalue weighted by Crippen LogP contribution is 2.71. The minimum atomic E-state index is -1.61. The summed E-state index contributed by atoms with van der Waals surface area (Å²) in [6, 6.07) is 0. The number of rotatable bonds is 5. The van der Waals surface area contributed by atoms with Crippen LogP contribution in [-0.2, 0) is 38.0 Å². The Morgan fingerprint density at radius 2 is 1.56 bits per heavy atom. The minimum Gasteiger partial charge on any atom is -0.457 e. The number of esters is 1. The molecule has 4 aliphatic carbocycles. The number of hydrogen-bond acceptors (Lipinski definition) is 13. The Balaban J connectivity index is 1.05. The number of aliphatic hydroxyl groups is 5. The molecule has 306 valence electrons. The first-order chi connectivity index (χ1) is 25.5. The first-order valence-electron chi connectivity index (χ1n) is 20.7. The van der Waals surface area contributed by atoms with Gasteiger partial charge < -0.3 is 58.7 Å². The lowest BCUT2D eigenvalue weighted by molar-refractivity contribution is -0.371. The summed E-state index contributed by atoms with van der Waals surface area (Å²) in [6.07, 6.45) is -4.40. The van der Waals surface area contributed by atoms with Gasteiger partial charge in [0.05, 0.1) is 37.1 Å². The van der Waals surface area contributed by atoms with Crippen molar-refractivity contribution in [2.45, 2.75) is 185 Å². The molecule has 54 heavy (non-hydrogen) atoms. The van der Waals surface area contributed by atoms with E-state index in [9.17, 15) is 30.3 Å². The van der Waals surface area contributed by atoms with Crippen LogP contribution in [-0.4, -0.2) is 124 Å². The second-order valence-corrected chi connectivity index (χ2v) is 18.9. The Kier molecular flexibility index (Phi) is 10.4. The molecule has 7 fully saturated rings. The zero-order chi connectivity index (χ0) is 38.6. The molecule has 4 saturated heterocycles. The maximum absolute atomic E-state index is 11.8. The minimum absolute atomic E-state index is 0.115. The average Bonchev–Trinajstić information content (AvgIpc) is 3.56. The summed E-state index contributed by atoms with van der Waals surface area (Å²) < 4.78 is 43.9. The molecule has 8 aliphatic rings.